The summed E-state index contributed by atoms with van der Waals surface area (Å²) in [5, 5.41) is 0. The minimum Gasteiger partial charge on any atom is -0.493 e. The third-order valence-electron chi connectivity index (χ3n) is 4.16. The van der Waals surface area contributed by atoms with Crippen molar-refractivity contribution in [3.05, 3.63) is 56.9 Å². The molecule has 29 heavy (non-hydrogen) atoms. The van der Waals surface area contributed by atoms with Crippen LogP contribution in [0, 0.1) is 6.92 Å². The number of halogens is 1. The van der Waals surface area contributed by atoms with E-state index in [1.165, 1.54) is 22.2 Å². The van der Waals surface area contributed by atoms with Crippen LogP contribution in [0.25, 0.3) is 6.08 Å². The summed E-state index contributed by atoms with van der Waals surface area (Å²) < 4.78 is 18.3. The number of hydrogen-bond donors (Lipinski definition) is 0. The Kier molecular flexibility index (Phi) is 7.21. The molecule has 0 radical (unpaired) electrons. The standard InChI is InChI=1S/C21H20BrNO4S2/c1-13-4-6-15(7-5-13)26-8-9-27-19-16(22)10-14(11-17(19)25-3)12-18-20(24)23(2)21(28)29-18/h4-7,10-12H,8-9H2,1-3H3/b18-12-. The monoisotopic (exact) mass is 493 g/mol. The molecule has 3 rings (SSSR count). The number of aryl methyl sites for hydroxylation is 1. The quantitative estimate of drug-likeness (QED) is 0.305. The number of benzene rings is 2. The van der Waals surface area contributed by atoms with Crippen molar-refractivity contribution >= 4 is 56.2 Å². The van der Waals surface area contributed by atoms with E-state index < -0.39 is 0 Å². The average molecular weight is 494 g/mol. The molecule has 1 amide bonds. The van der Waals surface area contributed by atoms with Crippen molar-refractivity contribution in [2.24, 2.45) is 0 Å². The summed E-state index contributed by atoms with van der Waals surface area (Å²) in [6.07, 6.45) is 1.79. The van der Waals surface area contributed by atoms with Crippen LogP contribution in [0.15, 0.2) is 45.8 Å². The molecule has 2 aromatic carbocycles. The van der Waals surface area contributed by atoms with E-state index in [9.17, 15) is 4.79 Å². The lowest BCUT2D eigenvalue weighted by molar-refractivity contribution is -0.121. The second-order valence-electron chi connectivity index (χ2n) is 6.28. The van der Waals surface area contributed by atoms with Gasteiger partial charge in [-0.15, -0.1) is 0 Å². The Hall–Kier alpha value is -2.03. The maximum absolute atomic E-state index is 12.2. The van der Waals surface area contributed by atoms with Crippen LogP contribution in [0.5, 0.6) is 17.2 Å². The fourth-order valence-corrected chi connectivity index (χ4v) is 4.35. The van der Waals surface area contributed by atoms with Gasteiger partial charge >= 0.3 is 0 Å². The Morgan fingerprint density at radius 2 is 1.86 bits per heavy atom. The lowest BCUT2D eigenvalue weighted by atomic mass is 10.2. The smallest absolute Gasteiger partial charge is 0.265 e. The van der Waals surface area contributed by atoms with Gasteiger partial charge in [-0.2, -0.15) is 0 Å². The number of ether oxygens (including phenoxy) is 3. The molecule has 0 aromatic heterocycles. The first-order valence-electron chi connectivity index (χ1n) is 8.80. The fraction of sp³-hybridized carbons (Fsp3) is 0.238. The molecule has 1 heterocycles. The van der Waals surface area contributed by atoms with Gasteiger partial charge in [-0.05, 0) is 58.8 Å². The van der Waals surface area contributed by atoms with Crippen LogP contribution in [0.3, 0.4) is 0 Å². The van der Waals surface area contributed by atoms with E-state index in [1.807, 2.05) is 43.3 Å². The van der Waals surface area contributed by atoms with E-state index in [1.54, 1.807) is 20.2 Å². The lowest BCUT2D eigenvalue weighted by Gasteiger charge is -2.14. The SMILES string of the molecule is COc1cc(/C=C2\SC(=S)N(C)C2=O)cc(Br)c1OCCOc1ccc(C)cc1. The molecule has 1 fully saturated rings. The van der Waals surface area contributed by atoms with Gasteiger partial charge in [0, 0.05) is 7.05 Å². The van der Waals surface area contributed by atoms with Crippen molar-refractivity contribution in [1.82, 2.24) is 4.90 Å². The predicted molar refractivity (Wildman–Crippen MR) is 124 cm³/mol. The third-order valence-corrected chi connectivity index (χ3v) is 6.23. The van der Waals surface area contributed by atoms with Crippen LogP contribution in [-0.2, 0) is 4.79 Å². The summed E-state index contributed by atoms with van der Waals surface area (Å²) in [6, 6.07) is 11.6. The van der Waals surface area contributed by atoms with E-state index in [2.05, 4.69) is 15.9 Å². The number of hydrogen-bond acceptors (Lipinski definition) is 6. The summed E-state index contributed by atoms with van der Waals surface area (Å²) in [5.74, 6) is 1.84. The van der Waals surface area contributed by atoms with Crippen molar-refractivity contribution in [2.75, 3.05) is 27.4 Å². The van der Waals surface area contributed by atoms with Gasteiger partial charge in [0.25, 0.3) is 5.91 Å². The van der Waals surface area contributed by atoms with Crippen LogP contribution in [-0.4, -0.2) is 42.5 Å². The summed E-state index contributed by atoms with van der Waals surface area (Å²) in [7, 11) is 3.25. The Morgan fingerprint density at radius 3 is 2.48 bits per heavy atom. The van der Waals surface area contributed by atoms with Crippen molar-refractivity contribution in [3.63, 3.8) is 0 Å². The van der Waals surface area contributed by atoms with E-state index in [0.717, 1.165) is 15.8 Å². The molecule has 1 saturated heterocycles. The number of rotatable bonds is 7. The van der Waals surface area contributed by atoms with Gasteiger partial charge < -0.3 is 14.2 Å². The zero-order valence-electron chi connectivity index (χ0n) is 16.2. The molecule has 0 saturated carbocycles. The summed E-state index contributed by atoms with van der Waals surface area (Å²) in [4.78, 5) is 14.2. The second kappa shape index (κ2) is 9.65. The van der Waals surface area contributed by atoms with Crippen molar-refractivity contribution in [1.29, 1.82) is 0 Å². The van der Waals surface area contributed by atoms with Gasteiger partial charge in [0.15, 0.2) is 11.5 Å². The Morgan fingerprint density at radius 1 is 1.17 bits per heavy atom. The molecule has 152 valence electrons. The molecule has 2 aromatic rings. The Balaban J connectivity index is 1.68. The molecule has 0 aliphatic carbocycles. The van der Waals surface area contributed by atoms with Crippen LogP contribution in [0.4, 0.5) is 0 Å². The first-order valence-corrected chi connectivity index (χ1v) is 10.8. The first-order chi connectivity index (χ1) is 13.9. The fourth-order valence-electron chi connectivity index (χ4n) is 2.60. The molecule has 1 aliphatic heterocycles. The topological polar surface area (TPSA) is 48.0 Å². The molecule has 0 unspecified atom stereocenters. The zero-order valence-corrected chi connectivity index (χ0v) is 19.4. The van der Waals surface area contributed by atoms with Gasteiger partial charge in [-0.3, -0.25) is 9.69 Å². The average Bonchev–Trinajstić information content (AvgIpc) is 2.94. The van der Waals surface area contributed by atoms with Crippen LogP contribution < -0.4 is 14.2 Å². The van der Waals surface area contributed by atoms with Gasteiger partial charge in [0.2, 0.25) is 0 Å². The molecule has 0 atom stereocenters. The highest BCUT2D eigenvalue weighted by molar-refractivity contribution is 9.10. The molecule has 0 spiro atoms. The van der Waals surface area contributed by atoms with E-state index in [0.29, 0.717) is 33.9 Å². The van der Waals surface area contributed by atoms with Crippen molar-refractivity contribution in [3.8, 4) is 17.2 Å². The molecular weight excluding hydrogens is 474 g/mol. The highest BCUT2D eigenvalue weighted by Gasteiger charge is 2.28. The summed E-state index contributed by atoms with van der Waals surface area (Å²) in [6.45, 7) is 2.79. The zero-order chi connectivity index (χ0) is 21.0. The van der Waals surface area contributed by atoms with Gasteiger partial charge in [0.05, 0.1) is 16.5 Å². The first kappa shape index (κ1) is 21.7. The van der Waals surface area contributed by atoms with Crippen LogP contribution in [0.1, 0.15) is 11.1 Å². The number of thiocarbonyl (C=S) groups is 1. The lowest BCUT2D eigenvalue weighted by Crippen LogP contribution is -2.22. The number of carbonyl (C=O) groups is 1. The number of methoxy groups -OCH3 is 1. The van der Waals surface area contributed by atoms with Gasteiger partial charge in [0.1, 0.15) is 23.3 Å². The minimum absolute atomic E-state index is 0.108. The van der Waals surface area contributed by atoms with Gasteiger partial charge in [-0.25, -0.2) is 0 Å². The van der Waals surface area contributed by atoms with E-state index in [-0.39, 0.29) is 5.91 Å². The molecule has 0 bridgehead atoms. The summed E-state index contributed by atoms with van der Waals surface area (Å²) in [5.41, 5.74) is 1.99. The summed E-state index contributed by atoms with van der Waals surface area (Å²) >= 11 is 9.98. The normalized spacial score (nSPS) is 15.2. The third kappa shape index (κ3) is 5.32. The Labute approximate surface area is 188 Å². The van der Waals surface area contributed by atoms with Gasteiger partial charge in [-0.1, -0.05) is 41.7 Å². The number of nitrogens with zero attached hydrogens (tertiary/aromatic N) is 1. The maximum atomic E-state index is 12.2. The molecule has 1 aliphatic rings. The number of carbonyl (C=O) groups excluding carboxylic acids is 1. The van der Waals surface area contributed by atoms with Crippen LogP contribution in [0.2, 0.25) is 0 Å². The largest absolute Gasteiger partial charge is 0.493 e. The van der Waals surface area contributed by atoms with E-state index >= 15 is 0 Å². The van der Waals surface area contributed by atoms with E-state index in [4.69, 9.17) is 26.4 Å². The highest BCUT2D eigenvalue weighted by atomic mass is 79.9. The Bertz CT molecular complexity index is 960. The highest BCUT2D eigenvalue weighted by Crippen LogP contribution is 2.39. The minimum atomic E-state index is -0.108. The predicted octanol–water partition coefficient (Wildman–Crippen LogP) is 5.05. The molecule has 0 N–H and O–H groups in total. The molecule has 8 heteroatoms. The number of likely N-dealkylation sites (N-methyl/N-ethyl adjacent to an activating group) is 1. The van der Waals surface area contributed by atoms with Crippen LogP contribution >= 0.6 is 39.9 Å². The second-order valence-corrected chi connectivity index (χ2v) is 8.81. The number of amides is 1. The van der Waals surface area contributed by atoms with Crippen molar-refractivity contribution in [2.45, 2.75) is 6.92 Å². The molecular formula is C21H20BrNO4S2. The molecule has 5 nitrogen and oxygen atoms in total. The maximum Gasteiger partial charge on any atom is 0.265 e. The van der Waals surface area contributed by atoms with Crippen molar-refractivity contribution < 1.29 is 19.0 Å². The number of thioether (sulfide) groups is 1.